The molecule has 0 fully saturated rings. The Morgan fingerprint density at radius 1 is 1.16 bits per heavy atom. The Hall–Kier alpha value is -1.74. The number of halogens is 2. The largest absolute Gasteiger partial charge is 0.497 e. The van der Waals surface area contributed by atoms with Gasteiger partial charge in [-0.1, -0.05) is 24.3 Å². The smallest absolute Gasteiger partial charge is 0.165 e. The van der Waals surface area contributed by atoms with E-state index in [0.29, 0.717) is 5.56 Å². The number of hydrogen-bond acceptors (Lipinski definition) is 2. The SMILES string of the molecule is COc1cccc(COc2c(F)cccc2CCl)c1. The standard InChI is InChI=1S/C15H14ClFO2/c1-18-13-6-2-4-11(8-13)10-19-15-12(9-16)5-3-7-14(15)17/h2-8H,9-10H2,1H3. The number of para-hydroxylation sites is 1. The summed E-state index contributed by atoms with van der Waals surface area (Å²) in [6, 6.07) is 12.2. The maximum atomic E-state index is 13.7. The third kappa shape index (κ3) is 3.38. The molecule has 0 bridgehead atoms. The Bertz CT molecular complexity index is 558. The van der Waals surface area contributed by atoms with E-state index in [1.165, 1.54) is 6.07 Å². The van der Waals surface area contributed by atoms with Crippen molar-refractivity contribution < 1.29 is 13.9 Å². The maximum Gasteiger partial charge on any atom is 0.165 e. The summed E-state index contributed by atoms with van der Waals surface area (Å²) in [6.07, 6.45) is 0. The fourth-order valence-electron chi connectivity index (χ4n) is 1.74. The van der Waals surface area contributed by atoms with Crippen molar-refractivity contribution in [2.75, 3.05) is 7.11 Å². The summed E-state index contributed by atoms with van der Waals surface area (Å²) >= 11 is 5.77. The van der Waals surface area contributed by atoms with Crippen molar-refractivity contribution >= 4 is 11.6 Å². The van der Waals surface area contributed by atoms with Crippen LogP contribution in [-0.4, -0.2) is 7.11 Å². The molecule has 0 N–H and O–H groups in total. The van der Waals surface area contributed by atoms with Gasteiger partial charge in [-0.3, -0.25) is 0 Å². The van der Waals surface area contributed by atoms with E-state index in [-0.39, 0.29) is 18.2 Å². The molecule has 19 heavy (non-hydrogen) atoms. The van der Waals surface area contributed by atoms with E-state index in [0.717, 1.165) is 11.3 Å². The molecule has 0 aliphatic heterocycles. The highest BCUT2D eigenvalue weighted by Crippen LogP contribution is 2.25. The molecule has 2 rings (SSSR count). The number of alkyl halides is 1. The second kappa shape index (κ2) is 6.43. The van der Waals surface area contributed by atoms with Gasteiger partial charge in [0.2, 0.25) is 0 Å². The van der Waals surface area contributed by atoms with Crippen LogP contribution in [0.1, 0.15) is 11.1 Å². The Morgan fingerprint density at radius 2 is 1.95 bits per heavy atom. The molecule has 0 atom stereocenters. The molecular weight excluding hydrogens is 267 g/mol. The molecule has 2 aromatic carbocycles. The molecule has 100 valence electrons. The fourth-order valence-corrected chi connectivity index (χ4v) is 1.95. The van der Waals surface area contributed by atoms with Gasteiger partial charge >= 0.3 is 0 Å². The van der Waals surface area contributed by atoms with Crippen LogP contribution in [0.15, 0.2) is 42.5 Å². The van der Waals surface area contributed by atoms with Gasteiger partial charge in [-0.2, -0.15) is 0 Å². The van der Waals surface area contributed by atoms with Crippen LogP contribution < -0.4 is 9.47 Å². The van der Waals surface area contributed by atoms with E-state index in [1.807, 2.05) is 24.3 Å². The number of benzene rings is 2. The van der Waals surface area contributed by atoms with Gasteiger partial charge < -0.3 is 9.47 Å². The Kier molecular flexibility index (Phi) is 4.63. The van der Waals surface area contributed by atoms with Gasteiger partial charge in [0.15, 0.2) is 11.6 Å². The third-order valence-corrected chi connectivity index (χ3v) is 3.00. The first-order valence-electron chi connectivity index (χ1n) is 5.83. The van der Waals surface area contributed by atoms with Gasteiger partial charge in [-0.15, -0.1) is 11.6 Å². The van der Waals surface area contributed by atoms with E-state index in [9.17, 15) is 4.39 Å². The van der Waals surface area contributed by atoms with Gasteiger partial charge in [0.1, 0.15) is 12.4 Å². The lowest BCUT2D eigenvalue weighted by molar-refractivity contribution is 0.287. The van der Waals surface area contributed by atoms with Crippen molar-refractivity contribution in [1.29, 1.82) is 0 Å². The fraction of sp³-hybridized carbons (Fsp3) is 0.200. The zero-order valence-corrected chi connectivity index (χ0v) is 11.3. The van der Waals surface area contributed by atoms with E-state index < -0.39 is 5.82 Å². The molecule has 0 saturated heterocycles. The van der Waals surface area contributed by atoms with Crippen LogP contribution in [0.3, 0.4) is 0 Å². The van der Waals surface area contributed by atoms with Crippen molar-refractivity contribution in [3.05, 3.63) is 59.4 Å². The highest BCUT2D eigenvalue weighted by Gasteiger charge is 2.09. The summed E-state index contributed by atoms with van der Waals surface area (Å²) < 4.78 is 24.3. The monoisotopic (exact) mass is 280 g/mol. The van der Waals surface area contributed by atoms with Crippen LogP contribution in [0.2, 0.25) is 0 Å². The zero-order chi connectivity index (χ0) is 13.7. The first-order valence-corrected chi connectivity index (χ1v) is 6.37. The summed E-state index contributed by atoms with van der Waals surface area (Å²) in [7, 11) is 1.60. The summed E-state index contributed by atoms with van der Waals surface area (Å²) in [5, 5.41) is 0. The predicted octanol–water partition coefficient (Wildman–Crippen LogP) is 4.15. The van der Waals surface area contributed by atoms with Crippen LogP contribution in [0.5, 0.6) is 11.5 Å². The van der Waals surface area contributed by atoms with Crippen molar-refractivity contribution in [1.82, 2.24) is 0 Å². The minimum atomic E-state index is -0.402. The summed E-state index contributed by atoms with van der Waals surface area (Å²) in [5.74, 6) is 0.763. The van der Waals surface area contributed by atoms with E-state index >= 15 is 0 Å². The molecule has 0 amide bonds. The minimum absolute atomic E-state index is 0.209. The number of methoxy groups -OCH3 is 1. The molecule has 0 saturated carbocycles. The lowest BCUT2D eigenvalue weighted by atomic mass is 10.2. The lowest BCUT2D eigenvalue weighted by Crippen LogP contribution is -2.00. The number of hydrogen-bond donors (Lipinski definition) is 0. The number of rotatable bonds is 5. The average Bonchev–Trinajstić information content (AvgIpc) is 2.46. The Labute approximate surface area is 116 Å². The average molecular weight is 281 g/mol. The highest BCUT2D eigenvalue weighted by atomic mass is 35.5. The molecule has 2 aromatic rings. The first kappa shape index (κ1) is 13.7. The summed E-state index contributed by atoms with van der Waals surface area (Å²) in [5.41, 5.74) is 1.55. The van der Waals surface area contributed by atoms with Gasteiger partial charge in [0, 0.05) is 5.56 Å². The van der Waals surface area contributed by atoms with Crippen molar-refractivity contribution in [3.8, 4) is 11.5 Å². The molecule has 4 heteroatoms. The third-order valence-electron chi connectivity index (χ3n) is 2.71. The molecule has 0 unspecified atom stereocenters. The molecule has 0 aromatic heterocycles. The lowest BCUT2D eigenvalue weighted by Gasteiger charge is -2.11. The molecule has 0 aliphatic carbocycles. The molecule has 0 spiro atoms. The molecular formula is C15H14ClFO2. The second-order valence-corrected chi connectivity index (χ2v) is 4.27. The second-order valence-electron chi connectivity index (χ2n) is 4.00. The zero-order valence-electron chi connectivity index (χ0n) is 10.5. The minimum Gasteiger partial charge on any atom is -0.497 e. The molecule has 0 radical (unpaired) electrons. The van der Waals surface area contributed by atoms with Crippen LogP contribution in [0.4, 0.5) is 4.39 Å². The number of ether oxygens (including phenoxy) is 2. The van der Waals surface area contributed by atoms with Gasteiger partial charge in [0.05, 0.1) is 13.0 Å². The Balaban J connectivity index is 2.14. The normalized spacial score (nSPS) is 10.3. The van der Waals surface area contributed by atoms with E-state index in [1.54, 1.807) is 19.2 Å². The van der Waals surface area contributed by atoms with E-state index in [2.05, 4.69) is 0 Å². The molecule has 2 nitrogen and oxygen atoms in total. The van der Waals surface area contributed by atoms with Crippen LogP contribution in [0, 0.1) is 5.82 Å². The van der Waals surface area contributed by atoms with Crippen molar-refractivity contribution in [2.24, 2.45) is 0 Å². The Morgan fingerprint density at radius 3 is 2.68 bits per heavy atom. The highest BCUT2D eigenvalue weighted by molar-refractivity contribution is 6.17. The van der Waals surface area contributed by atoms with Crippen molar-refractivity contribution in [3.63, 3.8) is 0 Å². The maximum absolute atomic E-state index is 13.7. The van der Waals surface area contributed by atoms with Crippen LogP contribution in [0.25, 0.3) is 0 Å². The van der Waals surface area contributed by atoms with Crippen molar-refractivity contribution in [2.45, 2.75) is 12.5 Å². The topological polar surface area (TPSA) is 18.5 Å². The quantitative estimate of drug-likeness (QED) is 0.766. The summed E-state index contributed by atoms with van der Waals surface area (Å²) in [6.45, 7) is 0.266. The van der Waals surface area contributed by atoms with Crippen LogP contribution >= 0.6 is 11.6 Å². The van der Waals surface area contributed by atoms with E-state index in [4.69, 9.17) is 21.1 Å². The van der Waals surface area contributed by atoms with Gasteiger partial charge in [-0.05, 0) is 23.8 Å². The molecule has 0 aliphatic rings. The first-order chi connectivity index (χ1) is 9.24. The van der Waals surface area contributed by atoms with Gasteiger partial charge in [0.25, 0.3) is 0 Å². The molecule has 0 heterocycles. The van der Waals surface area contributed by atoms with Crippen LogP contribution in [-0.2, 0) is 12.5 Å². The van der Waals surface area contributed by atoms with Gasteiger partial charge in [-0.25, -0.2) is 4.39 Å². The summed E-state index contributed by atoms with van der Waals surface area (Å²) in [4.78, 5) is 0. The predicted molar refractivity (Wildman–Crippen MR) is 73.3 cm³/mol.